The standard InChI is InChI=1S/C10H9IN2O/c11-10(14)13-5-4-8-2-1-3-9(6-8)7-12/h1-3,6H,4-5H2,(H,13,14). The van der Waals surface area contributed by atoms with Crippen molar-refractivity contribution in [1.29, 1.82) is 5.26 Å². The van der Waals surface area contributed by atoms with Gasteiger partial charge in [0, 0.05) is 29.1 Å². The van der Waals surface area contributed by atoms with Crippen molar-refractivity contribution in [3.63, 3.8) is 0 Å². The zero-order valence-electron chi connectivity index (χ0n) is 7.46. The molecular weight excluding hydrogens is 291 g/mol. The Hall–Kier alpha value is -1.09. The van der Waals surface area contributed by atoms with E-state index in [9.17, 15) is 4.79 Å². The van der Waals surface area contributed by atoms with Gasteiger partial charge in [0.25, 0.3) is 3.91 Å². The Morgan fingerprint density at radius 1 is 1.57 bits per heavy atom. The molecule has 3 nitrogen and oxygen atoms in total. The van der Waals surface area contributed by atoms with E-state index in [1.165, 1.54) is 0 Å². The molecule has 1 amide bonds. The molecule has 0 heterocycles. The highest BCUT2D eigenvalue weighted by Gasteiger charge is 1.96. The average molecular weight is 300 g/mol. The summed E-state index contributed by atoms with van der Waals surface area (Å²) >= 11 is 1.70. The first-order valence-electron chi connectivity index (χ1n) is 4.15. The Kier molecular flexibility index (Phi) is 4.40. The quantitative estimate of drug-likeness (QED) is 0.529. The van der Waals surface area contributed by atoms with Gasteiger partial charge in [0.2, 0.25) is 0 Å². The molecule has 1 N–H and O–H groups in total. The van der Waals surface area contributed by atoms with Gasteiger partial charge in [-0.3, -0.25) is 4.79 Å². The Morgan fingerprint density at radius 2 is 2.36 bits per heavy atom. The number of hydrogen-bond donors (Lipinski definition) is 1. The summed E-state index contributed by atoms with van der Waals surface area (Å²) in [6, 6.07) is 9.47. The summed E-state index contributed by atoms with van der Waals surface area (Å²) in [7, 11) is 0. The zero-order valence-corrected chi connectivity index (χ0v) is 9.61. The Morgan fingerprint density at radius 3 is 3.00 bits per heavy atom. The van der Waals surface area contributed by atoms with Gasteiger partial charge in [-0.25, -0.2) is 0 Å². The highest BCUT2D eigenvalue weighted by atomic mass is 127. The summed E-state index contributed by atoms with van der Waals surface area (Å²) in [5.74, 6) is 0. The van der Waals surface area contributed by atoms with E-state index in [0.717, 1.165) is 12.0 Å². The third-order valence-corrected chi connectivity index (χ3v) is 2.12. The molecule has 1 aromatic carbocycles. The number of nitrogens with one attached hydrogen (secondary N) is 1. The van der Waals surface area contributed by atoms with Crippen LogP contribution in [-0.4, -0.2) is 10.5 Å². The van der Waals surface area contributed by atoms with Crippen LogP contribution in [0.3, 0.4) is 0 Å². The van der Waals surface area contributed by atoms with Crippen LogP contribution in [-0.2, 0) is 6.42 Å². The van der Waals surface area contributed by atoms with Crippen LogP contribution >= 0.6 is 22.6 Å². The maximum absolute atomic E-state index is 10.6. The maximum atomic E-state index is 10.6. The topological polar surface area (TPSA) is 52.9 Å². The molecule has 0 saturated carbocycles. The second-order valence-electron chi connectivity index (χ2n) is 2.76. The summed E-state index contributed by atoms with van der Waals surface area (Å²) in [6.07, 6.45) is 0.754. The molecule has 4 heteroatoms. The monoisotopic (exact) mass is 300 g/mol. The summed E-state index contributed by atoms with van der Waals surface area (Å²) in [4.78, 5) is 10.6. The number of carbonyl (C=O) groups is 1. The molecule has 0 spiro atoms. The van der Waals surface area contributed by atoms with E-state index in [4.69, 9.17) is 5.26 Å². The molecule has 0 aromatic heterocycles. The predicted octanol–water partition coefficient (Wildman–Crippen LogP) is 2.25. The summed E-state index contributed by atoms with van der Waals surface area (Å²) in [5, 5.41) is 11.4. The maximum Gasteiger partial charge on any atom is 0.280 e. The first-order valence-corrected chi connectivity index (χ1v) is 5.22. The van der Waals surface area contributed by atoms with Gasteiger partial charge in [-0.05, 0) is 24.1 Å². The number of nitriles is 1. The minimum absolute atomic E-state index is 0.0564. The lowest BCUT2D eigenvalue weighted by Gasteiger charge is -2.01. The van der Waals surface area contributed by atoms with Crippen LogP contribution in [0.2, 0.25) is 0 Å². The van der Waals surface area contributed by atoms with E-state index in [0.29, 0.717) is 12.1 Å². The molecule has 0 atom stereocenters. The van der Waals surface area contributed by atoms with Crippen molar-refractivity contribution in [2.75, 3.05) is 6.54 Å². The number of hydrogen-bond acceptors (Lipinski definition) is 2. The SMILES string of the molecule is N#Cc1cccc(CCNC(=O)I)c1. The molecule has 72 valence electrons. The molecule has 0 bridgehead atoms. The molecule has 14 heavy (non-hydrogen) atoms. The largest absolute Gasteiger partial charge is 0.347 e. The van der Waals surface area contributed by atoms with Gasteiger partial charge in [0.15, 0.2) is 0 Å². The minimum Gasteiger partial charge on any atom is -0.347 e. The number of nitrogens with zero attached hydrogens (tertiary/aromatic N) is 1. The lowest BCUT2D eigenvalue weighted by atomic mass is 10.1. The van der Waals surface area contributed by atoms with Crippen molar-refractivity contribution in [1.82, 2.24) is 5.32 Å². The fourth-order valence-corrected chi connectivity index (χ4v) is 1.37. The van der Waals surface area contributed by atoms with Crippen LogP contribution < -0.4 is 5.32 Å². The van der Waals surface area contributed by atoms with Crippen LogP contribution in [0, 0.1) is 11.3 Å². The van der Waals surface area contributed by atoms with Crippen molar-refractivity contribution in [2.45, 2.75) is 6.42 Å². The van der Waals surface area contributed by atoms with Crippen LogP contribution in [0.5, 0.6) is 0 Å². The van der Waals surface area contributed by atoms with Gasteiger partial charge in [0.1, 0.15) is 0 Å². The number of amides is 1. The first-order chi connectivity index (χ1) is 6.72. The average Bonchev–Trinajstić information content (AvgIpc) is 2.18. The number of carbonyl (C=O) groups excluding carboxylic acids is 1. The van der Waals surface area contributed by atoms with Crippen molar-refractivity contribution in [3.8, 4) is 6.07 Å². The fraction of sp³-hybridized carbons (Fsp3) is 0.200. The summed E-state index contributed by atoms with van der Waals surface area (Å²) in [5.41, 5.74) is 1.72. The summed E-state index contributed by atoms with van der Waals surface area (Å²) < 4.78 is -0.0564. The molecule has 0 saturated heterocycles. The molecule has 1 rings (SSSR count). The molecule has 1 aromatic rings. The molecular formula is C10H9IN2O. The van der Waals surface area contributed by atoms with E-state index >= 15 is 0 Å². The van der Waals surface area contributed by atoms with Gasteiger partial charge in [-0.1, -0.05) is 12.1 Å². The number of rotatable bonds is 3. The lowest BCUT2D eigenvalue weighted by molar-refractivity contribution is 0.263. The molecule has 0 unspecified atom stereocenters. The number of benzene rings is 1. The Labute approximate surface area is 96.3 Å². The second kappa shape index (κ2) is 5.60. The first kappa shape index (κ1) is 11.0. The lowest BCUT2D eigenvalue weighted by Crippen LogP contribution is -2.18. The normalized spacial score (nSPS) is 9.14. The summed E-state index contributed by atoms with van der Waals surface area (Å²) in [6.45, 7) is 0.608. The van der Waals surface area contributed by atoms with Gasteiger partial charge in [0.05, 0.1) is 11.6 Å². The van der Waals surface area contributed by atoms with Crippen molar-refractivity contribution in [3.05, 3.63) is 35.4 Å². The molecule has 0 aliphatic heterocycles. The smallest absolute Gasteiger partial charge is 0.280 e. The molecule has 0 aliphatic rings. The van der Waals surface area contributed by atoms with Crippen molar-refractivity contribution in [2.24, 2.45) is 0 Å². The second-order valence-corrected chi connectivity index (χ2v) is 3.74. The third kappa shape index (κ3) is 3.75. The van der Waals surface area contributed by atoms with E-state index in [1.807, 2.05) is 18.2 Å². The van der Waals surface area contributed by atoms with Crippen molar-refractivity contribution < 1.29 is 4.79 Å². The van der Waals surface area contributed by atoms with Crippen LogP contribution in [0.15, 0.2) is 24.3 Å². The Bertz CT molecular complexity index is 371. The minimum atomic E-state index is -0.0564. The van der Waals surface area contributed by atoms with E-state index in [-0.39, 0.29) is 3.91 Å². The fourth-order valence-electron chi connectivity index (χ4n) is 1.10. The van der Waals surface area contributed by atoms with Gasteiger partial charge >= 0.3 is 0 Å². The molecule has 0 fully saturated rings. The van der Waals surface area contributed by atoms with Crippen LogP contribution in [0.1, 0.15) is 11.1 Å². The van der Waals surface area contributed by atoms with E-state index in [2.05, 4.69) is 11.4 Å². The van der Waals surface area contributed by atoms with Gasteiger partial charge in [-0.2, -0.15) is 5.26 Å². The predicted molar refractivity (Wildman–Crippen MR) is 62.3 cm³/mol. The third-order valence-electron chi connectivity index (χ3n) is 1.73. The van der Waals surface area contributed by atoms with Gasteiger partial charge < -0.3 is 5.32 Å². The Balaban J connectivity index is 2.51. The zero-order chi connectivity index (χ0) is 10.4. The highest BCUT2D eigenvalue weighted by molar-refractivity contribution is 14.1. The van der Waals surface area contributed by atoms with Crippen LogP contribution in [0.25, 0.3) is 0 Å². The van der Waals surface area contributed by atoms with Gasteiger partial charge in [-0.15, -0.1) is 0 Å². The van der Waals surface area contributed by atoms with E-state index < -0.39 is 0 Å². The van der Waals surface area contributed by atoms with Crippen molar-refractivity contribution >= 4 is 26.5 Å². The van der Waals surface area contributed by atoms with Crippen LogP contribution in [0.4, 0.5) is 4.79 Å². The molecule has 0 radical (unpaired) electrons. The molecule has 0 aliphatic carbocycles. The highest BCUT2D eigenvalue weighted by Crippen LogP contribution is 2.04. The van der Waals surface area contributed by atoms with E-state index in [1.54, 1.807) is 28.7 Å². The number of halogens is 1.